The highest BCUT2D eigenvalue weighted by atomic mass is 16.5. The van der Waals surface area contributed by atoms with Crippen molar-refractivity contribution in [2.75, 3.05) is 39.4 Å². The Bertz CT molecular complexity index is 478. The average Bonchev–Trinajstić information content (AvgIpc) is 2.74. The zero-order valence-electron chi connectivity index (χ0n) is 13.3. The van der Waals surface area contributed by atoms with Gasteiger partial charge >= 0.3 is 0 Å². The largest absolute Gasteiger partial charge is 0.379 e. The van der Waals surface area contributed by atoms with Crippen molar-refractivity contribution in [2.45, 2.75) is 33.7 Å². The van der Waals surface area contributed by atoms with Crippen LogP contribution in [-0.2, 0) is 22.5 Å². The Morgan fingerprint density at radius 1 is 1.33 bits per heavy atom. The second kappa shape index (κ2) is 7.56. The Morgan fingerprint density at radius 3 is 2.67 bits per heavy atom. The SMILES string of the molecule is CCc1c(C)nn(CCNC(=O)CN2CCOCC2)c1C. The van der Waals surface area contributed by atoms with E-state index in [-0.39, 0.29) is 5.91 Å². The molecular weight excluding hydrogens is 268 g/mol. The summed E-state index contributed by atoms with van der Waals surface area (Å²) in [4.78, 5) is 14.0. The first kappa shape index (κ1) is 16.0. The molecule has 1 aromatic rings. The first-order valence-corrected chi connectivity index (χ1v) is 7.71. The van der Waals surface area contributed by atoms with Gasteiger partial charge in [0, 0.05) is 25.3 Å². The summed E-state index contributed by atoms with van der Waals surface area (Å²) in [5.74, 6) is 0.0779. The second-order valence-corrected chi connectivity index (χ2v) is 5.46. The molecule has 0 unspecified atom stereocenters. The molecule has 0 bridgehead atoms. The van der Waals surface area contributed by atoms with Crippen molar-refractivity contribution in [3.05, 3.63) is 17.0 Å². The fraction of sp³-hybridized carbons (Fsp3) is 0.733. The monoisotopic (exact) mass is 294 g/mol. The van der Waals surface area contributed by atoms with Gasteiger partial charge in [-0.25, -0.2) is 0 Å². The van der Waals surface area contributed by atoms with Crippen molar-refractivity contribution in [3.8, 4) is 0 Å². The lowest BCUT2D eigenvalue weighted by atomic mass is 10.1. The summed E-state index contributed by atoms with van der Waals surface area (Å²) in [7, 11) is 0. The van der Waals surface area contributed by atoms with Gasteiger partial charge in [0.2, 0.25) is 5.91 Å². The van der Waals surface area contributed by atoms with Gasteiger partial charge in [0.05, 0.1) is 32.0 Å². The van der Waals surface area contributed by atoms with Crippen LogP contribution in [0.4, 0.5) is 0 Å². The molecule has 2 rings (SSSR count). The summed E-state index contributed by atoms with van der Waals surface area (Å²) in [6, 6.07) is 0. The van der Waals surface area contributed by atoms with Crippen molar-refractivity contribution in [2.24, 2.45) is 0 Å². The number of aryl methyl sites for hydroxylation is 1. The molecule has 6 heteroatoms. The summed E-state index contributed by atoms with van der Waals surface area (Å²) >= 11 is 0. The number of nitrogens with zero attached hydrogens (tertiary/aromatic N) is 3. The van der Waals surface area contributed by atoms with Crippen LogP contribution in [0.2, 0.25) is 0 Å². The topological polar surface area (TPSA) is 59.4 Å². The molecule has 1 aliphatic rings. The van der Waals surface area contributed by atoms with Crippen LogP contribution in [0.3, 0.4) is 0 Å². The molecule has 0 spiro atoms. The van der Waals surface area contributed by atoms with Gasteiger partial charge in [0.15, 0.2) is 0 Å². The molecule has 21 heavy (non-hydrogen) atoms. The summed E-state index contributed by atoms with van der Waals surface area (Å²) in [5, 5.41) is 7.50. The van der Waals surface area contributed by atoms with Gasteiger partial charge in [0.25, 0.3) is 0 Å². The van der Waals surface area contributed by atoms with Crippen molar-refractivity contribution in [3.63, 3.8) is 0 Å². The number of carbonyl (C=O) groups excluding carboxylic acids is 1. The van der Waals surface area contributed by atoms with E-state index in [0.717, 1.165) is 45.0 Å². The number of ether oxygens (including phenoxy) is 1. The third kappa shape index (κ3) is 4.28. The van der Waals surface area contributed by atoms with E-state index in [1.165, 1.54) is 11.3 Å². The van der Waals surface area contributed by atoms with Crippen LogP contribution in [-0.4, -0.2) is 60.0 Å². The number of carbonyl (C=O) groups is 1. The maximum absolute atomic E-state index is 11.9. The maximum atomic E-state index is 11.9. The number of rotatable bonds is 6. The van der Waals surface area contributed by atoms with Crippen molar-refractivity contribution < 1.29 is 9.53 Å². The number of hydrogen-bond donors (Lipinski definition) is 1. The van der Waals surface area contributed by atoms with Crippen LogP contribution in [0.5, 0.6) is 0 Å². The minimum atomic E-state index is 0.0779. The van der Waals surface area contributed by atoms with Crippen molar-refractivity contribution in [1.29, 1.82) is 0 Å². The Kier molecular flexibility index (Phi) is 5.76. The molecule has 1 N–H and O–H groups in total. The van der Waals surface area contributed by atoms with Crippen molar-refractivity contribution >= 4 is 5.91 Å². The number of hydrogen-bond acceptors (Lipinski definition) is 4. The smallest absolute Gasteiger partial charge is 0.234 e. The van der Waals surface area contributed by atoms with E-state index in [9.17, 15) is 4.79 Å². The lowest BCUT2D eigenvalue weighted by Crippen LogP contribution is -2.43. The summed E-state index contributed by atoms with van der Waals surface area (Å²) in [6.45, 7) is 11.2. The minimum absolute atomic E-state index is 0.0779. The zero-order chi connectivity index (χ0) is 15.2. The highest BCUT2D eigenvalue weighted by Crippen LogP contribution is 2.12. The fourth-order valence-electron chi connectivity index (χ4n) is 2.78. The van der Waals surface area contributed by atoms with Crippen LogP contribution in [0, 0.1) is 13.8 Å². The molecule has 6 nitrogen and oxygen atoms in total. The molecule has 1 aliphatic heterocycles. The van der Waals surface area contributed by atoms with Gasteiger partial charge in [0.1, 0.15) is 0 Å². The predicted octanol–water partition coefficient (Wildman–Crippen LogP) is 0.511. The van der Waals surface area contributed by atoms with Crippen LogP contribution < -0.4 is 5.32 Å². The number of nitrogens with one attached hydrogen (secondary N) is 1. The zero-order valence-corrected chi connectivity index (χ0v) is 13.3. The normalized spacial score (nSPS) is 16.1. The minimum Gasteiger partial charge on any atom is -0.379 e. The predicted molar refractivity (Wildman–Crippen MR) is 81.3 cm³/mol. The number of aromatic nitrogens is 2. The van der Waals surface area contributed by atoms with E-state index in [1.54, 1.807) is 0 Å². The Hall–Kier alpha value is -1.40. The van der Waals surface area contributed by atoms with Gasteiger partial charge < -0.3 is 10.1 Å². The van der Waals surface area contributed by atoms with Crippen LogP contribution >= 0.6 is 0 Å². The number of morpholine rings is 1. The third-order valence-corrected chi connectivity index (χ3v) is 4.00. The average molecular weight is 294 g/mol. The first-order chi connectivity index (χ1) is 10.1. The fourth-order valence-corrected chi connectivity index (χ4v) is 2.78. The van der Waals surface area contributed by atoms with E-state index in [0.29, 0.717) is 13.1 Å². The summed E-state index contributed by atoms with van der Waals surface area (Å²) in [5.41, 5.74) is 3.61. The highest BCUT2D eigenvalue weighted by molar-refractivity contribution is 5.77. The molecule has 0 aliphatic carbocycles. The molecule has 2 heterocycles. The lowest BCUT2D eigenvalue weighted by Gasteiger charge is -2.25. The van der Waals surface area contributed by atoms with Gasteiger partial charge in [-0.3, -0.25) is 14.4 Å². The molecule has 0 radical (unpaired) electrons. The van der Waals surface area contributed by atoms with Gasteiger partial charge in [-0.15, -0.1) is 0 Å². The molecular formula is C15H26N4O2. The van der Waals surface area contributed by atoms with Gasteiger partial charge in [-0.1, -0.05) is 6.92 Å². The Labute approximate surface area is 126 Å². The molecule has 1 fully saturated rings. The lowest BCUT2D eigenvalue weighted by molar-refractivity contribution is -0.123. The summed E-state index contributed by atoms with van der Waals surface area (Å²) in [6.07, 6.45) is 1.00. The maximum Gasteiger partial charge on any atom is 0.234 e. The molecule has 0 atom stereocenters. The molecule has 1 aromatic heterocycles. The van der Waals surface area contributed by atoms with Crippen molar-refractivity contribution in [1.82, 2.24) is 20.0 Å². The molecule has 0 saturated carbocycles. The number of amides is 1. The van der Waals surface area contributed by atoms with E-state index in [4.69, 9.17) is 4.74 Å². The highest BCUT2D eigenvalue weighted by Gasteiger charge is 2.14. The van der Waals surface area contributed by atoms with E-state index in [1.807, 2.05) is 11.6 Å². The summed E-state index contributed by atoms with van der Waals surface area (Å²) < 4.78 is 7.26. The van der Waals surface area contributed by atoms with E-state index < -0.39 is 0 Å². The molecule has 1 amide bonds. The quantitative estimate of drug-likeness (QED) is 0.830. The third-order valence-electron chi connectivity index (χ3n) is 4.00. The Morgan fingerprint density at radius 2 is 2.05 bits per heavy atom. The van der Waals surface area contributed by atoms with Crippen LogP contribution in [0.1, 0.15) is 23.9 Å². The standard InChI is InChI=1S/C15H26N4O2/c1-4-14-12(2)17-19(13(14)3)6-5-16-15(20)11-18-7-9-21-10-8-18/h4-11H2,1-3H3,(H,16,20). The van der Waals surface area contributed by atoms with Gasteiger partial charge in [-0.05, 0) is 25.8 Å². The van der Waals surface area contributed by atoms with E-state index in [2.05, 4.69) is 29.2 Å². The molecule has 118 valence electrons. The molecule has 1 saturated heterocycles. The Balaban J connectivity index is 1.74. The molecule has 0 aromatic carbocycles. The van der Waals surface area contributed by atoms with E-state index >= 15 is 0 Å². The van der Waals surface area contributed by atoms with Gasteiger partial charge in [-0.2, -0.15) is 5.10 Å². The van der Waals surface area contributed by atoms with Crippen LogP contribution in [0.25, 0.3) is 0 Å². The van der Waals surface area contributed by atoms with Crippen LogP contribution in [0.15, 0.2) is 0 Å². The first-order valence-electron chi connectivity index (χ1n) is 7.71. The second-order valence-electron chi connectivity index (χ2n) is 5.46.